The molecule has 0 saturated heterocycles. The fourth-order valence-electron chi connectivity index (χ4n) is 2.51. The maximum atomic E-state index is 13.0. The second kappa shape index (κ2) is 9.11. The predicted molar refractivity (Wildman–Crippen MR) is 112 cm³/mol. The van der Waals surface area contributed by atoms with Gasteiger partial charge >= 0.3 is 24.0 Å². The van der Waals surface area contributed by atoms with Crippen LogP contribution in [0.3, 0.4) is 0 Å². The van der Waals surface area contributed by atoms with Crippen LogP contribution >= 0.6 is 0 Å². The quantitative estimate of drug-likeness (QED) is 0.395. The fraction of sp³-hybridized carbons (Fsp3) is 0.636. The number of hydrogen-bond donors (Lipinski definition) is 0. The van der Waals surface area contributed by atoms with Crippen molar-refractivity contribution in [3.63, 3.8) is 0 Å². The Morgan fingerprint density at radius 1 is 0.742 bits per heavy atom. The van der Waals surface area contributed by atoms with E-state index in [0.717, 1.165) is 11.7 Å². The van der Waals surface area contributed by atoms with Gasteiger partial charge in [-0.15, -0.1) is 0 Å². The van der Waals surface area contributed by atoms with E-state index in [1.165, 1.54) is 12.1 Å². The van der Waals surface area contributed by atoms with E-state index in [2.05, 4.69) is 0 Å². The Bertz CT molecular complexity index is 818. The summed E-state index contributed by atoms with van der Waals surface area (Å²) >= 11 is 0. The molecule has 0 saturated carbocycles. The van der Waals surface area contributed by atoms with Crippen LogP contribution in [0, 0.1) is 0 Å². The van der Waals surface area contributed by atoms with Crippen LogP contribution in [0.5, 0.6) is 0 Å². The molecule has 0 unspecified atom stereocenters. The molecule has 0 bridgehead atoms. The molecule has 1 aromatic heterocycles. The average molecular weight is 440 g/mol. The van der Waals surface area contributed by atoms with Gasteiger partial charge in [-0.2, -0.15) is 0 Å². The molecule has 0 aromatic carbocycles. The van der Waals surface area contributed by atoms with Crippen LogP contribution in [-0.2, 0) is 28.5 Å². The lowest BCUT2D eigenvalue weighted by atomic mass is 10.0. The molecular weight excluding hydrogens is 406 g/mol. The molecule has 0 aliphatic carbocycles. The van der Waals surface area contributed by atoms with E-state index in [9.17, 15) is 19.2 Å². The highest BCUT2D eigenvalue weighted by atomic mass is 16.6. The van der Waals surface area contributed by atoms with Gasteiger partial charge in [0.1, 0.15) is 22.5 Å². The Balaban J connectivity index is 3.67. The summed E-state index contributed by atoms with van der Waals surface area (Å²) in [7, 11) is 1.15. The molecule has 0 amide bonds. The molecule has 0 fully saturated rings. The zero-order valence-electron chi connectivity index (χ0n) is 19.9. The third kappa shape index (κ3) is 7.73. The minimum absolute atomic E-state index is 0.127. The lowest BCUT2D eigenvalue weighted by Gasteiger charge is -2.27. The molecule has 31 heavy (non-hydrogen) atoms. The van der Waals surface area contributed by atoms with Gasteiger partial charge in [-0.05, 0) is 74.4 Å². The number of aromatic nitrogens is 1. The number of carbonyl (C=O) groups excluding carboxylic acids is 4. The van der Waals surface area contributed by atoms with Gasteiger partial charge in [0.25, 0.3) is 0 Å². The fourth-order valence-corrected chi connectivity index (χ4v) is 2.51. The van der Waals surface area contributed by atoms with Crippen LogP contribution in [0.15, 0.2) is 12.1 Å². The molecular formula is C22H33NO8. The Kier molecular flexibility index (Phi) is 7.70. The van der Waals surface area contributed by atoms with Crippen molar-refractivity contribution in [2.45, 2.75) is 85.0 Å². The monoisotopic (exact) mass is 439 g/mol. The van der Waals surface area contributed by atoms with Gasteiger partial charge in [0, 0.05) is 0 Å². The van der Waals surface area contributed by atoms with Crippen LogP contribution in [0.25, 0.3) is 0 Å². The average Bonchev–Trinajstić information content (AvgIpc) is 2.93. The SMILES string of the molecule is COC(=O)c1ccc(C(C(=O)OC(C)(C)C)C(=O)OC(C)(C)C)n1C(=O)OC(C)(C)C. The van der Waals surface area contributed by atoms with Crippen molar-refractivity contribution in [2.24, 2.45) is 0 Å². The summed E-state index contributed by atoms with van der Waals surface area (Å²) < 4.78 is 21.8. The summed E-state index contributed by atoms with van der Waals surface area (Å²) in [4.78, 5) is 51.2. The van der Waals surface area contributed by atoms with Gasteiger partial charge in [0.05, 0.1) is 12.8 Å². The van der Waals surface area contributed by atoms with Crippen molar-refractivity contribution in [3.05, 3.63) is 23.5 Å². The maximum Gasteiger partial charge on any atom is 0.419 e. The van der Waals surface area contributed by atoms with Gasteiger partial charge in [0.15, 0.2) is 5.92 Å². The number of esters is 3. The Morgan fingerprint density at radius 2 is 1.16 bits per heavy atom. The Labute approximate surface area is 183 Å². The van der Waals surface area contributed by atoms with Gasteiger partial charge in [-0.1, -0.05) is 0 Å². The second-order valence-electron chi connectivity index (χ2n) is 9.95. The topological polar surface area (TPSA) is 110 Å². The van der Waals surface area contributed by atoms with Crippen LogP contribution in [0.1, 0.15) is 84.4 Å². The molecule has 0 atom stereocenters. The van der Waals surface area contributed by atoms with Gasteiger partial charge < -0.3 is 18.9 Å². The summed E-state index contributed by atoms with van der Waals surface area (Å²) in [6, 6.07) is 2.57. The third-order valence-electron chi connectivity index (χ3n) is 3.46. The predicted octanol–water partition coefficient (Wildman–Crippen LogP) is 3.82. The summed E-state index contributed by atoms with van der Waals surface area (Å²) in [6.45, 7) is 14.8. The number of hydrogen-bond acceptors (Lipinski definition) is 8. The van der Waals surface area contributed by atoms with Gasteiger partial charge in [0.2, 0.25) is 0 Å². The lowest BCUT2D eigenvalue weighted by molar-refractivity contribution is -0.169. The van der Waals surface area contributed by atoms with E-state index in [-0.39, 0.29) is 11.4 Å². The molecule has 1 rings (SSSR count). The Hall–Kier alpha value is -2.84. The molecule has 1 heterocycles. The molecule has 0 spiro atoms. The van der Waals surface area contributed by atoms with Crippen molar-refractivity contribution in [1.29, 1.82) is 0 Å². The first-order chi connectivity index (χ1) is 13.9. The van der Waals surface area contributed by atoms with Crippen LogP contribution in [0.2, 0.25) is 0 Å². The number of methoxy groups -OCH3 is 1. The lowest BCUT2D eigenvalue weighted by Crippen LogP contribution is -2.38. The van der Waals surface area contributed by atoms with Crippen molar-refractivity contribution in [3.8, 4) is 0 Å². The van der Waals surface area contributed by atoms with Crippen molar-refractivity contribution in [1.82, 2.24) is 4.57 Å². The highest BCUT2D eigenvalue weighted by Crippen LogP contribution is 2.28. The first-order valence-electron chi connectivity index (χ1n) is 9.85. The molecule has 174 valence electrons. The van der Waals surface area contributed by atoms with Crippen LogP contribution in [0.4, 0.5) is 4.79 Å². The van der Waals surface area contributed by atoms with E-state index in [0.29, 0.717) is 0 Å². The van der Waals surface area contributed by atoms with Crippen molar-refractivity contribution in [2.75, 3.05) is 7.11 Å². The van der Waals surface area contributed by atoms with E-state index in [1.54, 1.807) is 62.3 Å². The summed E-state index contributed by atoms with van der Waals surface area (Å²) in [5.74, 6) is -4.34. The van der Waals surface area contributed by atoms with Crippen LogP contribution < -0.4 is 0 Å². The number of ether oxygens (including phenoxy) is 4. The molecule has 0 N–H and O–H groups in total. The molecule has 1 aromatic rings. The minimum Gasteiger partial charge on any atom is -0.464 e. The largest absolute Gasteiger partial charge is 0.464 e. The maximum absolute atomic E-state index is 13.0. The summed E-state index contributed by atoms with van der Waals surface area (Å²) in [5.41, 5.74) is -3.06. The Morgan fingerprint density at radius 3 is 1.52 bits per heavy atom. The van der Waals surface area contributed by atoms with Crippen molar-refractivity contribution >= 4 is 24.0 Å². The smallest absolute Gasteiger partial charge is 0.419 e. The molecule has 0 aliphatic heterocycles. The molecule has 0 radical (unpaired) electrons. The van der Waals surface area contributed by atoms with E-state index < -0.39 is 46.7 Å². The minimum atomic E-state index is -1.63. The molecule has 9 heteroatoms. The summed E-state index contributed by atoms with van der Waals surface area (Å²) in [6.07, 6.45) is -0.954. The first kappa shape index (κ1) is 26.2. The second-order valence-corrected chi connectivity index (χ2v) is 9.95. The van der Waals surface area contributed by atoms with Crippen LogP contribution in [-0.4, -0.2) is 52.5 Å². The zero-order chi connectivity index (χ0) is 24.4. The molecule has 9 nitrogen and oxygen atoms in total. The van der Waals surface area contributed by atoms with Crippen molar-refractivity contribution < 1.29 is 38.1 Å². The number of nitrogens with zero attached hydrogens (tertiary/aromatic N) is 1. The highest BCUT2D eigenvalue weighted by molar-refractivity contribution is 6.02. The zero-order valence-corrected chi connectivity index (χ0v) is 19.9. The normalized spacial score (nSPS) is 12.4. The third-order valence-corrected chi connectivity index (χ3v) is 3.46. The molecule has 0 aliphatic rings. The summed E-state index contributed by atoms with van der Waals surface area (Å²) in [5, 5.41) is 0. The number of rotatable bonds is 4. The number of carbonyl (C=O) groups is 4. The standard InChI is InChI=1S/C22H33NO8/c1-20(2,3)29-17(25)15(18(26)30-21(4,5)6)13-11-12-14(16(24)28-10)23(13)19(27)31-22(7,8)9/h11-12,15H,1-10H3. The van der Waals surface area contributed by atoms with Gasteiger partial charge in [-0.25, -0.2) is 14.2 Å². The first-order valence-corrected chi connectivity index (χ1v) is 9.85. The van der Waals surface area contributed by atoms with E-state index >= 15 is 0 Å². The van der Waals surface area contributed by atoms with Gasteiger partial charge in [-0.3, -0.25) is 9.59 Å². The highest BCUT2D eigenvalue weighted by Gasteiger charge is 2.41. The van der Waals surface area contributed by atoms with E-state index in [4.69, 9.17) is 18.9 Å². The van der Waals surface area contributed by atoms with E-state index in [1.807, 2.05) is 0 Å².